The molecule has 8 heteroatoms. The van der Waals surface area contributed by atoms with Gasteiger partial charge in [-0.25, -0.2) is 5.10 Å². The van der Waals surface area contributed by atoms with Crippen molar-refractivity contribution in [1.82, 2.24) is 10.2 Å². The molecule has 0 atom stereocenters. The van der Waals surface area contributed by atoms with Crippen molar-refractivity contribution in [2.75, 3.05) is 5.43 Å². The molecule has 6 nitrogen and oxygen atoms in total. The van der Waals surface area contributed by atoms with Crippen LogP contribution in [0.3, 0.4) is 0 Å². The first-order valence-electron chi connectivity index (χ1n) is 7.61. The van der Waals surface area contributed by atoms with E-state index in [0.717, 1.165) is 21.3 Å². The number of hydrogen-bond donors (Lipinski definition) is 2. The van der Waals surface area contributed by atoms with Crippen LogP contribution in [-0.2, 0) is 6.61 Å². The van der Waals surface area contributed by atoms with Crippen LogP contribution in [0, 0.1) is 0 Å². The van der Waals surface area contributed by atoms with Gasteiger partial charge in [-0.15, -0.1) is 0 Å². The minimum atomic E-state index is -0.477. The van der Waals surface area contributed by atoms with Crippen LogP contribution in [0.15, 0.2) is 69.1 Å². The van der Waals surface area contributed by atoms with E-state index in [1.165, 1.54) is 6.20 Å². The molecule has 0 aliphatic heterocycles. The molecule has 0 aliphatic rings. The van der Waals surface area contributed by atoms with E-state index >= 15 is 0 Å². The maximum Gasteiger partial charge on any atom is 0.285 e. The van der Waals surface area contributed by atoms with E-state index in [2.05, 4.69) is 36.7 Å². The van der Waals surface area contributed by atoms with Gasteiger partial charge in [-0.3, -0.25) is 10.2 Å². The summed E-state index contributed by atoms with van der Waals surface area (Å²) in [4.78, 5) is 11.4. The van der Waals surface area contributed by atoms with Crippen molar-refractivity contribution >= 4 is 39.4 Å². The van der Waals surface area contributed by atoms with Gasteiger partial charge in [-0.2, -0.15) is 10.2 Å². The molecule has 0 unspecified atom stereocenters. The van der Waals surface area contributed by atoms with Gasteiger partial charge in [-0.05, 0) is 35.4 Å². The van der Waals surface area contributed by atoms with Crippen LogP contribution in [0.5, 0.6) is 5.75 Å². The van der Waals surface area contributed by atoms with Crippen LogP contribution >= 0.6 is 27.5 Å². The fourth-order valence-electron chi connectivity index (χ4n) is 2.07. The molecule has 0 aliphatic carbocycles. The smallest absolute Gasteiger partial charge is 0.285 e. The summed E-state index contributed by atoms with van der Waals surface area (Å²) in [6.45, 7) is 0.472. The predicted molar refractivity (Wildman–Crippen MR) is 106 cm³/mol. The molecule has 1 aromatic heterocycles. The fraction of sp³-hybridized carbons (Fsp3) is 0.0556. The third kappa shape index (κ3) is 4.93. The maximum absolute atomic E-state index is 11.4. The van der Waals surface area contributed by atoms with Crippen LogP contribution in [0.1, 0.15) is 11.1 Å². The van der Waals surface area contributed by atoms with Crippen molar-refractivity contribution in [3.63, 3.8) is 0 Å². The normalized spacial score (nSPS) is 10.8. The van der Waals surface area contributed by atoms with E-state index in [1.807, 2.05) is 48.5 Å². The number of hydrogen-bond acceptors (Lipinski definition) is 5. The summed E-state index contributed by atoms with van der Waals surface area (Å²) in [5, 5.41) is 9.97. The number of nitrogens with zero attached hydrogens (tertiary/aromatic N) is 2. The molecular formula is C18H14BrClN4O2. The standard InChI is InChI=1S/C18H14BrClN4O2/c19-14-6-4-12(5-7-14)11-26-15-3-1-2-13(8-15)9-21-23-16-10-22-24-18(25)17(16)20/h1-10H,11H2,(H2,23,24,25)/b21-9+. The van der Waals surface area contributed by atoms with Gasteiger partial charge >= 0.3 is 0 Å². The first-order valence-corrected chi connectivity index (χ1v) is 8.78. The summed E-state index contributed by atoms with van der Waals surface area (Å²) in [6, 6.07) is 15.4. The highest BCUT2D eigenvalue weighted by molar-refractivity contribution is 9.10. The number of ether oxygens (including phenoxy) is 1. The van der Waals surface area contributed by atoms with Crippen molar-refractivity contribution in [1.29, 1.82) is 0 Å². The van der Waals surface area contributed by atoms with Crippen LogP contribution < -0.4 is 15.7 Å². The van der Waals surface area contributed by atoms with E-state index in [9.17, 15) is 4.79 Å². The fourth-order valence-corrected chi connectivity index (χ4v) is 2.47. The number of aromatic amines is 1. The average Bonchev–Trinajstić information content (AvgIpc) is 2.65. The van der Waals surface area contributed by atoms with E-state index in [4.69, 9.17) is 16.3 Å². The third-order valence-electron chi connectivity index (χ3n) is 3.37. The molecule has 26 heavy (non-hydrogen) atoms. The predicted octanol–water partition coefficient (Wildman–Crippen LogP) is 4.21. The molecule has 0 amide bonds. The summed E-state index contributed by atoms with van der Waals surface area (Å²) < 4.78 is 6.83. The zero-order chi connectivity index (χ0) is 18.4. The van der Waals surface area contributed by atoms with Crippen LogP contribution in [-0.4, -0.2) is 16.4 Å². The summed E-state index contributed by atoms with van der Waals surface area (Å²) in [5.74, 6) is 0.729. The Morgan fingerprint density at radius 3 is 2.88 bits per heavy atom. The van der Waals surface area contributed by atoms with Crippen LogP contribution in [0.2, 0.25) is 5.02 Å². The van der Waals surface area contributed by atoms with Gasteiger partial charge in [0, 0.05) is 4.47 Å². The molecule has 3 aromatic rings. The van der Waals surface area contributed by atoms with Gasteiger partial charge in [0.1, 0.15) is 23.1 Å². The molecule has 0 spiro atoms. The lowest BCUT2D eigenvalue weighted by Crippen LogP contribution is -2.10. The van der Waals surface area contributed by atoms with E-state index in [1.54, 1.807) is 6.21 Å². The van der Waals surface area contributed by atoms with Crippen molar-refractivity contribution in [3.8, 4) is 5.75 Å². The molecule has 0 fully saturated rings. The SMILES string of the molecule is O=c1[nH]ncc(N/N=C/c2cccc(OCc3ccc(Br)cc3)c2)c1Cl. The zero-order valence-electron chi connectivity index (χ0n) is 13.4. The average molecular weight is 434 g/mol. The van der Waals surface area contributed by atoms with Gasteiger partial charge in [0.05, 0.1) is 12.4 Å². The second-order valence-corrected chi connectivity index (χ2v) is 6.58. The lowest BCUT2D eigenvalue weighted by atomic mass is 10.2. The topological polar surface area (TPSA) is 79.4 Å². The quantitative estimate of drug-likeness (QED) is 0.451. The van der Waals surface area contributed by atoms with Gasteiger partial charge in [-0.1, -0.05) is 51.8 Å². The van der Waals surface area contributed by atoms with Gasteiger partial charge in [0.15, 0.2) is 0 Å². The minimum absolute atomic E-state index is 0.00346. The molecule has 0 saturated carbocycles. The Balaban J connectivity index is 1.62. The van der Waals surface area contributed by atoms with E-state index < -0.39 is 5.56 Å². The first-order chi connectivity index (χ1) is 12.6. The van der Waals surface area contributed by atoms with Gasteiger partial charge in [0.25, 0.3) is 5.56 Å². The second kappa shape index (κ2) is 8.64. The molecule has 0 radical (unpaired) electrons. The number of nitrogens with one attached hydrogen (secondary N) is 2. The summed E-state index contributed by atoms with van der Waals surface area (Å²) in [7, 11) is 0. The Bertz CT molecular complexity index is 973. The maximum atomic E-state index is 11.4. The van der Waals surface area contributed by atoms with Crippen molar-refractivity contribution < 1.29 is 4.74 Å². The van der Waals surface area contributed by atoms with Gasteiger partial charge in [0.2, 0.25) is 0 Å². The highest BCUT2D eigenvalue weighted by Crippen LogP contribution is 2.17. The number of rotatable bonds is 6. The molecule has 0 bridgehead atoms. The highest BCUT2D eigenvalue weighted by atomic mass is 79.9. The number of halogens is 2. The molecule has 132 valence electrons. The van der Waals surface area contributed by atoms with E-state index in [-0.39, 0.29) is 5.02 Å². The molecule has 3 rings (SSSR count). The Hall–Kier alpha value is -2.64. The highest BCUT2D eigenvalue weighted by Gasteiger charge is 2.03. The third-order valence-corrected chi connectivity index (χ3v) is 4.27. The first kappa shape index (κ1) is 18.2. The minimum Gasteiger partial charge on any atom is -0.489 e. The van der Waals surface area contributed by atoms with Crippen molar-refractivity contribution in [3.05, 3.63) is 85.7 Å². The monoisotopic (exact) mass is 432 g/mol. The number of aromatic nitrogens is 2. The van der Waals surface area contributed by atoms with Crippen LogP contribution in [0.25, 0.3) is 0 Å². The summed E-state index contributed by atoms with van der Waals surface area (Å²) >= 11 is 9.27. The Morgan fingerprint density at radius 2 is 2.08 bits per heavy atom. The van der Waals surface area contributed by atoms with E-state index in [0.29, 0.717) is 12.3 Å². The molecule has 2 N–H and O–H groups in total. The molecular weight excluding hydrogens is 420 g/mol. The Kier molecular flexibility index (Phi) is 6.04. The number of H-pyrrole nitrogens is 1. The Morgan fingerprint density at radius 1 is 1.27 bits per heavy atom. The number of hydrazone groups is 1. The lowest BCUT2D eigenvalue weighted by molar-refractivity contribution is 0.306. The number of benzene rings is 2. The Labute approximate surface area is 163 Å². The van der Waals surface area contributed by atoms with Crippen molar-refractivity contribution in [2.45, 2.75) is 6.61 Å². The zero-order valence-corrected chi connectivity index (χ0v) is 15.8. The molecule has 1 heterocycles. The molecule has 0 saturated heterocycles. The second-order valence-electron chi connectivity index (χ2n) is 5.28. The lowest BCUT2D eigenvalue weighted by Gasteiger charge is -2.07. The van der Waals surface area contributed by atoms with Crippen LogP contribution in [0.4, 0.5) is 5.69 Å². The largest absolute Gasteiger partial charge is 0.489 e. The summed E-state index contributed by atoms with van der Waals surface area (Å²) in [6.07, 6.45) is 2.99. The summed E-state index contributed by atoms with van der Waals surface area (Å²) in [5.41, 5.74) is 4.45. The molecule has 2 aromatic carbocycles. The van der Waals surface area contributed by atoms with Crippen molar-refractivity contribution in [2.24, 2.45) is 5.10 Å². The van der Waals surface area contributed by atoms with Gasteiger partial charge < -0.3 is 4.74 Å². The number of anilines is 1.